The van der Waals surface area contributed by atoms with Crippen LogP contribution < -0.4 is 5.32 Å². The van der Waals surface area contributed by atoms with E-state index in [-0.39, 0.29) is 22.6 Å². The molecule has 0 spiro atoms. The summed E-state index contributed by atoms with van der Waals surface area (Å²) in [5.74, 6) is -0.494. The topological polar surface area (TPSA) is 72.5 Å². The summed E-state index contributed by atoms with van der Waals surface area (Å²) >= 11 is 6.30. The summed E-state index contributed by atoms with van der Waals surface area (Å²) in [7, 11) is -3.36. The number of benzene rings is 2. The van der Waals surface area contributed by atoms with E-state index in [1.54, 1.807) is 30.3 Å². The summed E-state index contributed by atoms with van der Waals surface area (Å²) in [4.78, 5) is 12.5. The van der Waals surface area contributed by atoms with E-state index in [0.29, 0.717) is 11.1 Å². The molecule has 0 heterocycles. The first kappa shape index (κ1) is 24.0. The van der Waals surface area contributed by atoms with Crippen LogP contribution in [0.5, 0.6) is 0 Å². The molecular formula is C22H19ClF3NO4S. The van der Waals surface area contributed by atoms with E-state index >= 15 is 0 Å². The third kappa shape index (κ3) is 6.21. The van der Waals surface area contributed by atoms with Gasteiger partial charge in [0, 0.05) is 23.9 Å². The zero-order chi connectivity index (χ0) is 23.6. The molecule has 0 bridgehead atoms. The normalized spacial score (nSPS) is 19.2. The maximum absolute atomic E-state index is 13.1. The molecule has 0 aromatic heterocycles. The van der Waals surface area contributed by atoms with Crippen LogP contribution in [-0.4, -0.2) is 32.0 Å². The van der Waals surface area contributed by atoms with Crippen molar-refractivity contribution in [2.45, 2.75) is 29.2 Å². The van der Waals surface area contributed by atoms with Gasteiger partial charge in [-0.2, -0.15) is 0 Å². The van der Waals surface area contributed by atoms with E-state index in [0.717, 1.165) is 6.26 Å². The molecule has 1 atom stereocenters. The van der Waals surface area contributed by atoms with Gasteiger partial charge < -0.3 is 5.32 Å². The molecule has 2 aromatic carbocycles. The van der Waals surface area contributed by atoms with Gasteiger partial charge in [0.2, 0.25) is 5.91 Å². The number of halogens is 4. The summed E-state index contributed by atoms with van der Waals surface area (Å²) in [5, 5.41) is 0.297. The fourth-order valence-electron chi connectivity index (χ4n) is 3.26. The van der Waals surface area contributed by atoms with Gasteiger partial charge in [-0.1, -0.05) is 60.1 Å². The second-order valence-electron chi connectivity index (χ2n) is 7.23. The standard InChI is InChI=1S/C22H19ClF3NO4S/c1-32(29,30)18-10-7-15(8-11-18)13-20(28)27-17-9-12-19(16-5-3-2-4-6-16)21(23,14-17)31-22(24,25)26/h2-12H,13-14H2,1H3,(H,27,28). The highest BCUT2D eigenvalue weighted by molar-refractivity contribution is 7.90. The first-order valence-corrected chi connectivity index (χ1v) is 11.6. The Kier molecular flexibility index (Phi) is 6.83. The number of rotatable bonds is 6. The van der Waals surface area contributed by atoms with Crippen LogP contribution in [0.1, 0.15) is 17.5 Å². The second-order valence-corrected chi connectivity index (χ2v) is 9.86. The summed E-state index contributed by atoms with van der Waals surface area (Å²) in [5.41, 5.74) is 1.27. The number of carbonyl (C=O) groups excluding carboxylic acids is 1. The molecule has 1 aliphatic carbocycles. The van der Waals surface area contributed by atoms with Gasteiger partial charge in [0.25, 0.3) is 0 Å². The van der Waals surface area contributed by atoms with Gasteiger partial charge in [-0.15, -0.1) is 13.2 Å². The van der Waals surface area contributed by atoms with Crippen LogP contribution in [0.4, 0.5) is 13.2 Å². The van der Waals surface area contributed by atoms with Crippen molar-refractivity contribution in [2.24, 2.45) is 0 Å². The van der Waals surface area contributed by atoms with Crippen molar-refractivity contribution in [1.82, 2.24) is 5.32 Å². The molecule has 0 saturated carbocycles. The molecule has 1 aliphatic rings. The van der Waals surface area contributed by atoms with E-state index in [9.17, 15) is 26.4 Å². The number of allylic oxidation sites excluding steroid dienone is 2. The SMILES string of the molecule is CS(=O)(=O)c1ccc(CC(=O)NC2=CC=C(c3ccccc3)C(Cl)(OC(F)(F)F)C2)cc1. The molecule has 0 aliphatic heterocycles. The number of sulfone groups is 1. The summed E-state index contributed by atoms with van der Waals surface area (Å²) in [6.45, 7) is 0. The summed E-state index contributed by atoms with van der Waals surface area (Å²) in [6.07, 6.45) is -1.59. The minimum atomic E-state index is -5.00. The van der Waals surface area contributed by atoms with Crippen LogP contribution in [0.2, 0.25) is 0 Å². The molecule has 1 unspecified atom stereocenters. The second kappa shape index (κ2) is 9.09. The highest BCUT2D eigenvalue weighted by atomic mass is 35.5. The van der Waals surface area contributed by atoms with E-state index in [1.165, 1.54) is 36.4 Å². The van der Waals surface area contributed by atoms with Crippen molar-refractivity contribution in [3.63, 3.8) is 0 Å². The molecule has 170 valence electrons. The van der Waals surface area contributed by atoms with Gasteiger partial charge in [0.15, 0.2) is 14.9 Å². The summed E-state index contributed by atoms with van der Waals surface area (Å²) in [6, 6.07) is 14.0. The van der Waals surface area contributed by atoms with Gasteiger partial charge in [0.05, 0.1) is 11.3 Å². The fraction of sp³-hybridized carbons (Fsp3) is 0.227. The maximum Gasteiger partial charge on any atom is 0.524 e. The van der Waals surface area contributed by atoms with Crippen molar-refractivity contribution in [2.75, 3.05) is 6.26 Å². The molecule has 10 heteroatoms. The van der Waals surface area contributed by atoms with E-state index in [2.05, 4.69) is 10.1 Å². The fourth-order valence-corrected chi connectivity index (χ4v) is 4.29. The van der Waals surface area contributed by atoms with Gasteiger partial charge in [-0.3, -0.25) is 9.53 Å². The van der Waals surface area contributed by atoms with E-state index < -0.39 is 33.6 Å². The van der Waals surface area contributed by atoms with Crippen molar-refractivity contribution < 1.29 is 31.1 Å². The molecule has 0 fully saturated rings. The smallest absolute Gasteiger partial charge is 0.329 e. The Hall–Kier alpha value is -2.62. The zero-order valence-electron chi connectivity index (χ0n) is 16.8. The number of nitrogens with one attached hydrogen (secondary N) is 1. The number of hydrogen-bond acceptors (Lipinski definition) is 4. The Morgan fingerprint density at radius 2 is 1.72 bits per heavy atom. The van der Waals surface area contributed by atoms with Gasteiger partial charge in [-0.25, -0.2) is 8.42 Å². The summed E-state index contributed by atoms with van der Waals surface area (Å²) < 4.78 is 66.6. The Bertz CT molecular complexity index is 1160. The van der Waals surface area contributed by atoms with Crippen molar-refractivity contribution in [3.05, 3.63) is 83.6 Å². The van der Waals surface area contributed by atoms with Crippen LogP contribution in [0.3, 0.4) is 0 Å². The van der Waals surface area contributed by atoms with Crippen molar-refractivity contribution in [1.29, 1.82) is 0 Å². The highest BCUT2D eigenvalue weighted by Crippen LogP contribution is 2.45. The monoisotopic (exact) mass is 485 g/mol. The number of alkyl halides is 4. The Labute approximate surface area is 188 Å². The lowest BCUT2D eigenvalue weighted by Gasteiger charge is -2.34. The minimum absolute atomic E-state index is 0.105. The third-order valence-electron chi connectivity index (χ3n) is 4.65. The Balaban J connectivity index is 1.78. The average Bonchev–Trinajstić information content (AvgIpc) is 2.66. The average molecular weight is 486 g/mol. The molecule has 0 radical (unpaired) electrons. The molecular weight excluding hydrogens is 467 g/mol. The number of hydrogen-bond donors (Lipinski definition) is 1. The third-order valence-corrected chi connectivity index (χ3v) is 6.19. The highest BCUT2D eigenvalue weighted by Gasteiger charge is 2.47. The van der Waals surface area contributed by atoms with Gasteiger partial charge in [0.1, 0.15) is 0 Å². The number of amides is 1. The molecule has 5 nitrogen and oxygen atoms in total. The molecule has 1 N–H and O–H groups in total. The van der Waals surface area contributed by atoms with Crippen LogP contribution in [-0.2, 0) is 25.8 Å². The lowest BCUT2D eigenvalue weighted by molar-refractivity contribution is -0.342. The molecule has 1 amide bonds. The van der Waals surface area contributed by atoms with Crippen molar-refractivity contribution in [3.8, 4) is 0 Å². The Morgan fingerprint density at radius 1 is 1.09 bits per heavy atom. The van der Waals surface area contributed by atoms with Crippen molar-refractivity contribution >= 4 is 32.9 Å². The van der Waals surface area contributed by atoms with Crippen LogP contribution in [0.15, 0.2) is 77.3 Å². The van der Waals surface area contributed by atoms with Gasteiger partial charge in [-0.05, 0) is 29.3 Å². The lowest BCUT2D eigenvalue weighted by atomic mass is 9.92. The number of carbonyl (C=O) groups is 1. The predicted octanol–water partition coefficient (Wildman–Crippen LogP) is 4.59. The first-order valence-electron chi connectivity index (χ1n) is 9.37. The van der Waals surface area contributed by atoms with Gasteiger partial charge >= 0.3 is 6.36 Å². The van der Waals surface area contributed by atoms with Crippen LogP contribution >= 0.6 is 11.6 Å². The Morgan fingerprint density at radius 3 is 2.28 bits per heavy atom. The van der Waals surface area contributed by atoms with E-state index in [1.807, 2.05) is 0 Å². The zero-order valence-corrected chi connectivity index (χ0v) is 18.4. The molecule has 0 saturated heterocycles. The van der Waals surface area contributed by atoms with Crippen LogP contribution in [0.25, 0.3) is 5.57 Å². The lowest BCUT2D eigenvalue weighted by Crippen LogP contribution is -2.39. The molecule has 2 aromatic rings. The molecule has 32 heavy (non-hydrogen) atoms. The maximum atomic E-state index is 13.1. The van der Waals surface area contributed by atoms with E-state index in [4.69, 9.17) is 11.6 Å². The first-order chi connectivity index (χ1) is 14.9. The minimum Gasteiger partial charge on any atom is -0.329 e. The predicted molar refractivity (Wildman–Crippen MR) is 114 cm³/mol. The molecule has 3 rings (SSSR count). The quantitative estimate of drug-likeness (QED) is 0.607. The number of ether oxygens (including phenoxy) is 1. The largest absolute Gasteiger partial charge is 0.524 e. The van der Waals surface area contributed by atoms with Crippen LogP contribution in [0, 0.1) is 0 Å².